The van der Waals surface area contributed by atoms with Crippen molar-refractivity contribution in [3.63, 3.8) is 0 Å². The van der Waals surface area contributed by atoms with Crippen molar-refractivity contribution in [1.82, 2.24) is 0 Å². The van der Waals surface area contributed by atoms with Crippen LogP contribution in [-0.4, -0.2) is 111 Å². The van der Waals surface area contributed by atoms with Gasteiger partial charge in [-0.05, 0) is 209 Å². The zero-order valence-electron chi connectivity index (χ0n) is 41.6. The molecule has 384 valence electrons. The van der Waals surface area contributed by atoms with E-state index in [-0.39, 0.29) is 81.4 Å². The van der Waals surface area contributed by atoms with Crippen LogP contribution in [0.2, 0.25) is 0 Å². The highest BCUT2D eigenvalue weighted by molar-refractivity contribution is 6.11. The molecule has 3 aliphatic heterocycles. The molecule has 9 fully saturated rings. The normalized spacial score (nSPS) is 45.1. The van der Waals surface area contributed by atoms with Gasteiger partial charge in [0.1, 0.15) is 41.2 Å². The van der Waals surface area contributed by atoms with Gasteiger partial charge in [-0.2, -0.15) is 0 Å². The van der Waals surface area contributed by atoms with Gasteiger partial charge in [-0.3, -0.25) is 4.79 Å². The van der Waals surface area contributed by atoms with E-state index in [0.717, 1.165) is 36.3 Å². The van der Waals surface area contributed by atoms with Crippen LogP contribution < -0.4 is 4.74 Å². The lowest BCUT2D eigenvalue weighted by Gasteiger charge is -2.64. The second kappa shape index (κ2) is 16.2. The van der Waals surface area contributed by atoms with Gasteiger partial charge in [0.25, 0.3) is 0 Å². The molecule has 2 aromatic carbocycles. The fraction of sp³-hybridized carbons (Fsp3) is 0.724. The molecule has 8 aliphatic carbocycles. The zero-order valence-corrected chi connectivity index (χ0v) is 41.6. The summed E-state index contributed by atoms with van der Waals surface area (Å²) in [6.45, 7) is 3.52. The lowest BCUT2D eigenvalue weighted by atomic mass is 9.42. The number of aromatic hydroxyl groups is 2. The minimum absolute atomic E-state index is 0.0513. The molecule has 16 unspecified atom stereocenters. The van der Waals surface area contributed by atoms with Crippen LogP contribution in [0.25, 0.3) is 10.8 Å². The Morgan fingerprint density at radius 1 is 0.901 bits per heavy atom. The van der Waals surface area contributed by atoms with Crippen LogP contribution in [0.15, 0.2) is 34.9 Å². The van der Waals surface area contributed by atoms with E-state index in [1.807, 2.05) is 0 Å². The highest BCUT2D eigenvalue weighted by Crippen LogP contribution is 2.81. The van der Waals surface area contributed by atoms with Crippen molar-refractivity contribution in [1.29, 1.82) is 0 Å². The minimum atomic E-state index is -1.79. The summed E-state index contributed by atoms with van der Waals surface area (Å²) in [5.41, 5.74) is 2.70. The zero-order chi connectivity index (χ0) is 49.2. The molecule has 0 aromatic heterocycles. The number of ketones is 1. The number of aromatic carboxylic acids is 1. The van der Waals surface area contributed by atoms with Crippen LogP contribution in [0.4, 0.5) is 0 Å². The van der Waals surface area contributed by atoms with Crippen LogP contribution in [0.1, 0.15) is 155 Å². The Labute approximate surface area is 416 Å². The molecule has 0 amide bonds. The first-order valence-corrected chi connectivity index (χ1v) is 27.4. The summed E-state index contributed by atoms with van der Waals surface area (Å²) in [5.74, 6) is -0.849. The molecule has 7 N–H and O–H groups in total. The largest absolute Gasteiger partial charge is 0.507 e. The van der Waals surface area contributed by atoms with E-state index in [0.29, 0.717) is 48.2 Å². The number of phenols is 2. The van der Waals surface area contributed by atoms with Gasteiger partial charge in [-0.25, -0.2) is 4.79 Å². The molecule has 71 heavy (non-hydrogen) atoms. The number of carbonyl (C=O) groups excluding carboxylic acids is 1. The fourth-order valence-corrected chi connectivity index (χ4v) is 20.6. The molecule has 0 radical (unpaired) electrons. The molecule has 13 rings (SSSR count). The number of Topliss-reactive ketones (excluding diaryl/α,β-unsaturated/α-hetero) is 1. The predicted molar refractivity (Wildman–Crippen MR) is 260 cm³/mol. The quantitative estimate of drug-likeness (QED) is 0.103. The standard InChI is InChI=1S/C58H74O13/c1-30-43(31(2)61)48(63)45-37(47(30)62)19-33(51(66)67)20-41(45)70-52-49(64)50(65)58(42(24-60)71-52)23-38-39-22-53(21-34-25-68-29-56(17-18-59,46(34)39)40-9-8-32(26-69-58)44(38)40)13-15-55(27-53)12-10-36-6-3-5-35-7-4-11-54(35)14-16-57(36,55)28-54/h9,19-20,34-36,38-39,42,46,49-50,52,59-60,62-65H,3-8,10-18,21-29H2,1-2H3,(H,66,67). The van der Waals surface area contributed by atoms with E-state index in [1.165, 1.54) is 121 Å². The van der Waals surface area contributed by atoms with Gasteiger partial charge in [-0.15, -0.1) is 0 Å². The lowest BCUT2D eigenvalue weighted by molar-refractivity contribution is -0.326. The van der Waals surface area contributed by atoms with Crippen LogP contribution in [0.3, 0.4) is 0 Å². The third-order valence-electron chi connectivity index (χ3n) is 23.0. The Morgan fingerprint density at radius 2 is 1.72 bits per heavy atom. The number of carboxylic acid groups (broad SMARTS) is 1. The Bertz CT molecular complexity index is 2650. The number of allylic oxidation sites excluding steroid dienone is 2. The van der Waals surface area contributed by atoms with Crippen molar-refractivity contribution in [3.8, 4) is 17.2 Å². The van der Waals surface area contributed by atoms with Gasteiger partial charge in [0, 0.05) is 29.6 Å². The van der Waals surface area contributed by atoms with E-state index < -0.39 is 60.1 Å². The number of carboxylic acids is 1. The monoisotopic (exact) mass is 979 g/mol. The number of aliphatic hydroxyl groups is 4. The molecular formula is C58H74O13. The van der Waals surface area contributed by atoms with E-state index in [9.17, 15) is 45.3 Å². The molecule has 2 bridgehead atoms. The summed E-state index contributed by atoms with van der Waals surface area (Å²) >= 11 is 0. The van der Waals surface area contributed by atoms with Crippen LogP contribution >= 0.6 is 0 Å². The van der Waals surface area contributed by atoms with E-state index in [2.05, 4.69) is 6.08 Å². The maximum atomic E-state index is 12.8. The van der Waals surface area contributed by atoms with Gasteiger partial charge in [0.15, 0.2) is 5.78 Å². The smallest absolute Gasteiger partial charge is 0.335 e. The molecule has 2 saturated heterocycles. The number of ether oxygens (including phenoxy) is 4. The molecule has 2 aromatic rings. The van der Waals surface area contributed by atoms with Crippen molar-refractivity contribution in [2.24, 2.45) is 62.6 Å². The van der Waals surface area contributed by atoms with E-state index in [4.69, 9.17) is 18.9 Å². The van der Waals surface area contributed by atoms with Crippen LogP contribution in [-0.2, 0) is 14.2 Å². The molecule has 11 aliphatic rings. The molecule has 13 heteroatoms. The summed E-state index contributed by atoms with van der Waals surface area (Å²) in [6.07, 6.45) is 19.0. The van der Waals surface area contributed by atoms with Gasteiger partial charge in [0.2, 0.25) is 6.29 Å². The van der Waals surface area contributed by atoms with Gasteiger partial charge in [0.05, 0.1) is 36.3 Å². The minimum Gasteiger partial charge on any atom is -0.507 e. The van der Waals surface area contributed by atoms with E-state index >= 15 is 0 Å². The Hall–Kier alpha value is -3.56. The SMILES string of the molecule is CC(=O)c1c(C)c(O)c2cc(C(=O)O)cc(OC3OC(CO)C4(CC5C6=C(CC=C6C6(CCO)COCC7CC8(CCC9(CCC%10CCCC%11CCCC%11%12CCC%109C%12)C8)CC5C76)CO4)C(O)C3O)c2c1O. The third-order valence-corrected chi connectivity index (χ3v) is 23.0. The number of rotatable bonds is 7. The Balaban J connectivity index is 0.864. The molecule has 5 spiro atoms. The molecule has 7 saturated carbocycles. The number of hydrogen-bond acceptors (Lipinski definition) is 12. The Kier molecular flexibility index (Phi) is 10.8. The second-order valence-electron chi connectivity index (χ2n) is 25.5. The summed E-state index contributed by atoms with van der Waals surface area (Å²) in [7, 11) is 0. The van der Waals surface area contributed by atoms with Gasteiger partial charge in [-0.1, -0.05) is 18.9 Å². The van der Waals surface area contributed by atoms with Crippen molar-refractivity contribution < 1.29 is 64.3 Å². The lowest BCUT2D eigenvalue weighted by Crippen LogP contribution is -2.70. The number of hydrogen-bond donors (Lipinski definition) is 7. The number of phenolic OH excluding ortho intramolecular Hbond substituents is 2. The Morgan fingerprint density at radius 3 is 2.51 bits per heavy atom. The van der Waals surface area contributed by atoms with Gasteiger partial charge >= 0.3 is 5.97 Å². The van der Waals surface area contributed by atoms with Crippen LogP contribution in [0, 0.1) is 69.5 Å². The van der Waals surface area contributed by atoms with Gasteiger partial charge < -0.3 is 54.7 Å². The maximum Gasteiger partial charge on any atom is 0.335 e. The van der Waals surface area contributed by atoms with E-state index in [1.54, 1.807) is 0 Å². The molecule has 13 nitrogen and oxygen atoms in total. The average molecular weight is 979 g/mol. The number of benzene rings is 2. The summed E-state index contributed by atoms with van der Waals surface area (Å²) in [6, 6.07) is 2.29. The van der Waals surface area contributed by atoms with Crippen LogP contribution in [0.5, 0.6) is 17.2 Å². The van der Waals surface area contributed by atoms with Crippen molar-refractivity contribution in [2.75, 3.05) is 33.0 Å². The maximum absolute atomic E-state index is 12.8. The first-order valence-electron chi connectivity index (χ1n) is 27.4. The third kappa shape index (κ3) is 6.29. The van der Waals surface area contributed by atoms with Crippen molar-refractivity contribution in [2.45, 2.75) is 166 Å². The van der Waals surface area contributed by atoms with Crippen molar-refractivity contribution >= 4 is 22.5 Å². The summed E-state index contributed by atoms with van der Waals surface area (Å²) in [5, 5.41) is 80.1. The summed E-state index contributed by atoms with van der Waals surface area (Å²) in [4.78, 5) is 25.2. The highest BCUT2D eigenvalue weighted by atomic mass is 16.7. The summed E-state index contributed by atoms with van der Waals surface area (Å²) < 4.78 is 26.6. The number of fused-ring (bicyclic) bond motifs is 3. The first kappa shape index (κ1) is 47.2. The average Bonchev–Trinajstić information content (AvgIpc) is 4.17. The van der Waals surface area contributed by atoms with Crippen molar-refractivity contribution in [3.05, 3.63) is 51.6 Å². The number of carbonyl (C=O) groups is 2. The predicted octanol–water partition coefficient (Wildman–Crippen LogP) is 8.44. The number of aliphatic hydroxyl groups excluding tert-OH is 4. The molecule has 3 heterocycles. The first-order chi connectivity index (χ1) is 34.1. The second-order valence-corrected chi connectivity index (χ2v) is 25.5. The topological polar surface area (TPSA) is 213 Å². The molecular weight excluding hydrogens is 905 g/mol. The fourth-order valence-electron chi connectivity index (χ4n) is 20.6. The molecule has 16 atom stereocenters. The highest BCUT2D eigenvalue weighted by Gasteiger charge is 2.72.